The van der Waals surface area contributed by atoms with E-state index < -0.39 is 0 Å². The largest absolute Gasteiger partial charge is 0.497 e. The summed E-state index contributed by atoms with van der Waals surface area (Å²) in [6, 6.07) is 5.61. The molecular formula is C19H18N4O2S2. The van der Waals surface area contributed by atoms with Gasteiger partial charge in [0, 0.05) is 11.1 Å². The van der Waals surface area contributed by atoms with Gasteiger partial charge >= 0.3 is 0 Å². The van der Waals surface area contributed by atoms with E-state index in [0.29, 0.717) is 15.7 Å². The molecule has 1 amide bonds. The van der Waals surface area contributed by atoms with Crippen LogP contribution >= 0.6 is 22.7 Å². The fourth-order valence-electron chi connectivity index (χ4n) is 2.98. The van der Waals surface area contributed by atoms with Crippen molar-refractivity contribution in [3.8, 4) is 5.75 Å². The van der Waals surface area contributed by atoms with Crippen LogP contribution in [-0.2, 0) is 0 Å². The van der Waals surface area contributed by atoms with Crippen molar-refractivity contribution < 1.29 is 9.53 Å². The number of nitrogens with zero attached hydrogens (tertiary/aromatic N) is 2. The maximum Gasteiger partial charge on any atom is 0.269 e. The predicted octanol–water partition coefficient (Wildman–Crippen LogP) is 4.67. The number of thiophene rings is 1. The number of fused-ring (bicyclic) bond motifs is 2. The Morgan fingerprint density at radius 1 is 1.15 bits per heavy atom. The van der Waals surface area contributed by atoms with Crippen molar-refractivity contribution >= 4 is 59.8 Å². The number of carbonyl (C=O) groups is 1. The monoisotopic (exact) mass is 398 g/mol. The standard InChI is InChI=1S/C19H18N4O2S2/c1-8-9(2)14-15(20)16(27-18(14)21-10(8)3)17(24)23-19-22-12-6-5-11(25-4)7-13(12)26-19/h5-7H,20H2,1-4H3,(H,22,23,24). The van der Waals surface area contributed by atoms with Crippen LogP contribution in [0.4, 0.5) is 10.8 Å². The van der Waals surface area contributed by atoms with Gasteiger partial charge in [0.25, 0.3) is 5.91 Å². The Labute approximate surface area is 164 Å². The van der Waals surface area contributed by atoms with Gasteiger partial charge in [-0.2, -0.15) is 0 Å². The number of anilines is 2. The lowest BCUT2D eigenvalue weighted by molar-refractivity contribution is 0.103. The van der Waals surface area contributed by atoms with Crippen LogP contribution in [0.3, 0.4) is 0 Å². The summed E-state index contributed by atoms with van der Waals surface area (Å²) in [5.74, 6) is 0.487. The van der Waals surface area contributed by atoms with Gasteiger partial charge in [0.05, 0.1) is 23.0 Å². The molecule has 0 aliphatic heterocycles. The normalized spacial score (nSPS) is 11.3. The van der Waals surface area contributed by atoms with E-state index in [9.17, 15) is 4.79 Å². The van der Waals surface area contributed by atoms with Crippen molar-refractivity contribution in [1.82, 2.24) is 9.97 Å². The molecule has 4 aromatic rings. The highest BCUT2D eigenvalue weighted by Gasteiger charge is 2.21. The Hall–Kier alpha value is -2.71. The number of hydrogen-bond donors (Lipinski definition) is 2. The van der Waals surface area contributed by atoms with E-state index in [2.05, 4.69) is 15.3 Å². The number of thiazole rings is 1. The van der Waals surface area contributed by atoms with Gasteiger partial charge in [0.15, 0.2) is 5.13 Å². The summed E-state index contributed by atoms with van der Waals surface area (Å²) in [5, 5.41) is 4.25. The van der Waals surface area contributed by atoms with Crippen molar-refractivity contribution in [3.05, 3.63) is 39.9 Å². The van der Waals surface area contributed by atoms with Gasteiger partial charge in [0.1, 0.15) is 15.5 Å². The van der Waals surface area contributed by atoms with Crippen LogP contribution in [0.15, 0.2) is 18.2 Å². The SMILES string of the molecule is COc1ccc2nc(NC(=O)c3sc4nc(C)c(C)c(C)c4c3N)sc2c1. The van der Waals surface area contributed by atoms with Crippen LogP contribution in [0.2, 0.25) is 0 Å². The molecule has 6 nitrogen and oxygen atoms in total. The molecule has 0 bridgehead atoms. The van der Waals surface area contributed by atoms with E-state index >= 15 is 0 Å². The van der Waals surface area contributed by atoms with Crippen molar-refractivity contribution in [3.63, 3.8) is 0 Å². The Balaban J connectivity index is 1.71. The number of carbonyl (C=O) groups excluding carboxylic acids is 1. The molecule has 0 radical (unpaired) electrons. The number of ether oxygens (including phenoxy) is 1. The first-order valence-electron chi connectivity index (χ1n) is 8.30. The fourth-order valence-corrected chi connectivity index (χ4v) is 4.96. The average Bonchev–Trinajstić information content (AvgIpc) is 3.19. The molecule has 0 aliphatic carbocycles. The van der Waals surface area contributed by atoms with Gasteiger partial charge in [-0.25, -0.2) is 9.97 Å². The van der Waals surface area contributed by atoms with Gasteiger partial charge in [-0.05, 0) is 50.1 Å². The molecule has 3 heterocycles. The number of pyridine rings is 1. The smallest absolute Gasteiger partial charge is 0.269 e. The molecular weight excluding hydrogens is 380 g/mol. The minimum Gasteiger partial charge on any atom is -0.497 e. The number of rotatable bonds is 3. The number of aryl methyl sites for hydroxylation is 2. The molecule has 4 rings (SSSR count). The van der Waals surface area contributed by atoms with Crippen molar-refractivity contribution in [2.75, 3.05) is 18.2 Å². The molecule has 0 saturated heterocycles. The van der Waals surface area contributed by atoms with Crippen LogP contribution in [0.1, 0.15) is 26.5 Å². The van der Waals surface area contributed by atoms with E-state index in [1.54, 1.807) is 7.11 Å². The molecule has 3 aromatic heterocycles. The average molecular weight is 399 g/mol. The Bertz CT molecular complexity index is 1210. The van der Waals surface area contributed by atoms with Crippen molar-refractivity contribution in [2.24, 2.45) is 0 Å². The number of methoxy groups -OCH3 is 1. The van der Waals surface area contributed by atoms with Gasteiger partial charge < -0.3 is 10.5 Å². The van der Waals surface area contributed by atoms with E-state index in [1.165, 1.54) is 22.7 Å². The molecule has 138 valence electrons. The lowest BCUT2D eigenvalue weighted by atomic mass is 10.1. The Morgan fingerprint density at radius 3 is 2.67 bits per heavy atom. The third-order valence-corrected chi connectivity index (χ3v) is 6.73. The number of aromatic nitrogens is 2. The van der Waals surface area contributed by atoms with Crippen LogP contribution in [0.5, 0.6) is 5.75 Å². The third kappa shape index (κ3) is 2.90. The summed E-state index contributed by atoms with van der Waals surface area (Å²) in [5.41, 5.74) is 10.7. The number of amides is 1. The number of benzene rings is 1. The second kappa shape index (κ2) is 6.47. The lowest BCUT2D eigenvalue weighted by Crippen LogP contribution is -2.11. The molecule has 0 fully saturated rings. The minimum atomic E-state index is -0.267. The third-order valence-electron chi connectivity index (χ3n) is 4.70. The topological polar surface area (TPSA) is 90.1 Å². The van der Waals surface area contributed by atoms with Gasteiger partial charge in [-0.1, -0.05) is 11.3 Å². The summed E-state index contributed by atoms with van der Waals surface area (Å²) < 4.78 is 6.17. The number of nitrogens with two attached hydrogens (primary N) is 1. The second-order valence-corrected chi connectivity index (χ2v) is 8.31. The molecule has 3 N–H and O–H groups in total. The quantitative estimate of drug-likeness (QED) is 0.523. The van der Waals surface area contributed by atoms with Crippen LogP contribution in [0, 0.1) is 20.8 Å². The summed E-state index contributed by atoms with van der Waals surface area (Å²) >= 11 is 2.71. The summed E-state index contributed by atoms with van der Waals surface area (Å²) in [7, 11) is 1.62. The summed E-state index contributed by atoms with van der Waals surface area (Å²) in [4.78, 5) is 23.1. The molecule has 0 unspecified atom stereocenters. The molecule has 27 heavy (non-hydrogen) atoms. The van der Waals surface area contributed by atoms with Gasteiger partial charge in [0.2, 0.25) is 0 Å². The Kier molecular flexibility index (Phi) is 4.24. The number of nitrogen functional groups attached to an aromatic ring is 1. The predicted molar refractivity (Wildman–Crippen MR) is 112 cm³/mol. The molecule has 0 atom stereocenters. The molecule has 0 saturated carbocycles. The zero-order chi connectivity index (χ0) is 19.3. The minimum absolute atomic E-state index is 0.267. The van der Waals surface area contributed by atoms with Crippen LogP contribution < -0.4 is 15.8 Å². The highest BCUT2D eigenvalue weighted by Crippen LogP contribution is 2.37. The van der Waals surface area contributed by atoms with Gasteiger partial charge in [-0.15, -0.1) is 11.3 Å². The maximum atomic E-state index is 12.8. The summed E-state index contributed by atoms with van der Waals surface area (Å²) in [6.07, 6.45) is 0. The molecule has 1 aromatic carbocycles. The zero-order valence-corrected chi connectivity index (χ0v) is 17.0. The zero-order valence-electron chi connectivity index (χ0n) is 15.3. The van der Waals surface area contributed by atoms with Crippen LogP contribution in [0.25, 0.3) is 20.4 Å². The van der Waals surface area contributed by atoms with Crippen molar-refractivity contribution in [2.45, 2.75) is 20.8 Å². The first-order chi connectivity index (χ1) is 12.9. The van der Waals surface area contributed by atoms with Gasteiger partial charge in [-0.3, -0.25) is 10.1 Å². The second-order valence-electron chi connectivity index (χ2n) is 6.28. The fraction of sp³-hybridized carbons (Fsp3) is 0.211. The van der Waals surface area contributed by atoms with E-state index in [1.807, 2.05) is 39.0 Å². The van der Waals surface area contributed by atoms with E-state index in [4.69, 9.17) is 10.5 Å². The molecule has 0 spiro atoms. The highest BCUT2D eigenvalue weighted by atomic mass is 32.1. The first kappa shape index (κ1) is 17.7. The lowest BCUT2D eigenvalue weighted by Gasteiger charge is -2.05. The Morgan fingerprint density at radius 2 is 1.93 bits per heavy atom. The molecule has 0 aliphatic rings. The highest BCUT2D eigenvalue weighted by molar-refractivity contribution is 7.23. The summed E-state index contributed by atoms with van der Waals surface area (Å²) in [6.45, 7) is 5.99. The van der Waals surface area contributed by atoms with E-state index in [-0.39, 0.29) is 5.91 Å². The van der Waals surface area contributed by atoms with Crippen LogP contribution in [-0.4, -0.2) is 23.0 Å². The van der Waals surface area contributed by atoms with Crippen molar-refractivity contribution in [1.29, 1.82) is 0 Å². The number of nitrogens with one attached hydrogen (secondary N) is 1. The first-order valence-corrected chi connectivity index (χ1v) is 9.94. The van der Waals surface area contributed by atoms with E-state index in [0.717, 1.165) is 43.0 Å². The maximum absolute atomic E-state index is 12.8. The molecule has 8 heteroatoms. The number of hydrogen-bond acceptors (Lipinski definition) is 7.